The van der Waals surface area contributed by atoms with E-state index >= 15 is 0 Å². The molecule has 0 aromatic rings. The zero-order valence-electron chi connectivity index (χ0n) is 9.87. The Morgan fingerprint density at radius 1 is 1.21 bits per heavy atom. The SMILES string of the molecule is CCN(CCCN(C)C)C1CC(N)C1. The van der Waals surface area contributed by atoms with E-state index in [4.69, 9.17) is 5.73 Å². The Morgan fingerprint density at radius 3 is 2.29 bits per heavy atom. The van der Waals surface area contributed by atoms with Gasteiger partial charge in [-0.25, -0.2) is 0 Å². The van der Waals surface area contributed by atoms with Crippen molar-refractivity contribution in [1.29, 1.82) is 0 Å². The lowest BCUT2D eigenvalue weighted by Gasteiger charge is -2.41. The molecule has 0 unspecified atom stereocenters. The molecule has 0 aliphatic heterocycles. The highest BCUT2D eigenvalue weighted by molar-refractivity contribution is 4.89. The van der Waals surface area contributed by atoms with Crippen LogP contribution >= 0.6 is 0 Å². The maximum absolute atomic E-state index is 5.80. The number of hydrogen-bond donors (Lipinski definition) is 1. The summed E-state index contributed by atoms with van der Waals surface area (Å²) in [6.07, 6.45) is 3.68. The van der Waals surface area contributed by atoms with Crippen LogP contribution in [0.15, 0.2) is 0 Å². The average molecular weight is 199 g/mol. The lowest BCUT2D eigenvalue weighted by molar-refractivity contribution is 0.112. The highest BCUT2D eigenvalue weighted by Crippen LogP contribution is 2.23. The molecule has 0 saturated heterocycles. The topological polar surface area (TPSA) is 32.5 Å². The van der Waals surface area contributed by atoms with Gasteiger partial charge < -0.3 is 15.5 Å². The Hall–Kier alpha value is -0.120. The van der Waals surface area contributed by atoms with E-state index in [1.54, 1.807) is 0 Å². The molecule has 1 saturated carbocycles. The van der Waals surface area contributed by atoms with Crippen LogP contribution in [0.4, 0.5) is 0 Å². The Balaban J connectivity index is 2.12. The first kappa shape index (κ1) is 12.0. The molecule has 0 aromatic heterocycles. The van der Waals surface area contributed by atoms with E-state index in [1.165, 1.54) is 38.9 Å². The lowest BCUT2D eigenvalue weighted by Crippen LogP contribution is -2.51. The van der Waals surface area contributed by atoms with Gasteiger partial charge in [-0.2, -0.15) is 0 Å². The van der Waals surface area contributed by atoms with Gasteiger partial charge in [-0.1, -0.05) is 6.92 Å². The summed E-state index contributed by atoms with van der Waals surface area (Å²) in [5, 5.41) is 0. The first-order valence-electron chi connectivity index (χ1n) is 5.77. The van der Waals surface area contributed by atoms with Gasteiger partial charge in [0.2, 0.25) is 0 Å². The minimum Gasteiger partial charge on any atom is -0.328 e. The summed E-state index contributed by atoms with van der Waals surface area (Å²) in [7, 11) is 4.27. The molecule has 1 aliphatic rings. The molecule has 0 spiro atoms. The molecular weight excluding hydrogens is 174 g/mol. The molecule has 3 heteroatoms. The Labute approximate surface area is 88.2 Å². The van der Waals surface area contributed by atoms with Crippen LogP contribution in [0.3, 0.4) is 0 Å². The maximum atomic E-state index is 5.80. The largest absolute Gasteiger partial charge is 0.328 e. The Kier molecular flexibility index (Phi) is 4.85. The van der Waals surface area contributed by atoms with Crippen molar-refractivity contribution in [2.45, 2.75) is 38.3 Å². The number of hydrogen-bond acceptors (Lipinski definition) is 3. The molecule has 3 nitrogen and oxygen atoms in total. The molecule has 2 N–H and O–H groups in total. The first-order valence-corrected chi connectivity index (χ1v) is 5.77. The third-order valence-electron chi connectivity index (χ3n) is 3.12. The van der Waals surface area contributed by atoms with Crippen LogP contribution in [0.5, 0.6) is 0 Å². The van der Waals surface area contributed by atoms with Crippen LogP contribution in [-0.4, -0.2) is 55.6 Å². The van der Waals surface area contributed by atoms with Crippen molar-refractivity contribution in [2.75, 3.05) is 33.7 Å². The fraction of sp³-hybridized carbons (Fsp3) is 1.00. The van der Waals surface area contributed by atoms with E-state index < -0.39 is 0 Å². The van der Waals surface area contributed by atoms with Crippen molar-refractivity contribution in [2.24, 2.45) is 5.73 Å². The van der Waals surface area contributed by atoms with E-state index in [0.29, 0.717) is 6.04 Å². The fourth-order valence-corrected chi connectivity index (χ4v) is 2.12. The minimum absolute atomic E-state index is 0.475. The van der Waals surface area contributed by atoms with Crippen molar-refractivity contribution in [1.82, 2.24) is 9.80 Å². The van der Waals surface area contributed by atoms with E-state index in [0.717, 1.165) is 6.04 Å². The van der Waals surface area contributed by atoms with E-state index in [1.807, 2.05) is 0 Å². The molecule has 14 heavy (non-hydrogen) atoms. The Morgan fingerprint density at radius 2 is 1.86 bits per heavy atom. The number of nitrogens with zero attached hydrogens (tertiary/aromatic N) is 2. The van der Waals surface area contributed by atoms with Crippen molar-refractivity contribution in [3.63, 3.8) is 0 Å². The van der Waals surface area contributed by atoms with Gasteiger partial charge in [0.25, 0.3) is 0 Å². The molecule has 0 radical (unpaired) electrons. The van der Waals surface area contributed by atoms with Crippen molar-refractivity contribution in [3.05, 3.63) is 0 Å². The summed E-state index contributed by atoms with van der Waals surface area (Å²) in [6, 6.07) is 1.25. The highest BCUT2D eigenvalue weighted by atomic mass is 15.2. The molecule has 84 valence electrons. The quantitative estimate of drug-likeness (QED) is 0.685. The molecule has 0 heterocycles. The summed E-state index contributed by atoms with van der Waals surface area (Å²) in [5.74, 6) is 0. The van der Waals surface area contributed by atoms with Gasteiger partial charge in [0.15, 0.2) is 0 Å². The fourth-order valence-electron chi connectivity index (χ4n) is 2.12. The molecule has 0 atom stereocenters. The van der Waals surface area contributed by atoms with E-state index in [2.05, 4.69) is 30.8 Å². The van der Waals surface area contributed by atoms with Gasteiger partial charge in [0.05, 0.1) is 0 Å². The summed E-state index contributed by atoms with van der Waals surface area (Å²) in [5.41, 5.74) is 5.80. The van der Waals surface area contributed by atoms with Crippen LogP contribution in [0, 0.1) is 0 Å². The van der Waals surface area contributed by atoms with Crippen molar-refractivity contribution >= 4 is 0 Å². The Bertz CT molecular complexity index is 153. The standard InChI is InChI=1S/C11H25N3/c1-4-14(7-5-6-13(2)3)11-8-10(12)9-11/h10-11H,4-9,12H2,1-3H3. The van der Waals surface area contributed by atoms with E-state index in [-0.39, 0.29) is 0 Å². The van der Waals surface area contributed by atoms with Crippen molar-refractivity contribution < 1.29 is 0 Å². The average Bonchev–Trinajstić information content (AvgIpc) is 2.08. The minimum atomic E-state index is 0.475. The third kappa shape index (κ3) is 3.56. The normalized spacial score (nSPS) is 27.0. The molecule has 0 aromatic carbocycles. The predicted octanol–water partition coefficient (Wildman–Crippen LogP) is 0.750. The molecule has 1 fully saturated rings. The second-order valence-corrected chi connectivity index (χ2v) is 4.67. The van der Waals surface area contributed by atoms with Gasteiger partial charge >= 0.3 is 0 Å². The number of rotatable bonds is 6. The van der Waals surface area contributed by atoms with Crippen molar-refractivity contribution in [3.8, 4) is 0 Å². The molecule has 1 rings (SSSR count). The van der Waals surface area contributed by atoms with Crippen LogP contribution < -0.4 is 5.73 Å². The highest BCUT2D eigenvalue weighted by Gasteiger charge is 2.29. The van der Waals surface area contributed by atoms with Gasteiger partial charge in [0.1, 0.15) is 0 Å². The maximum Gasteiger partial charge on any atom is 0.0125 e. The van der Waals surface area contributed by atoms with Crippen LogP contribution in [0.2, 0.25) is 0 Å². The first-order chi connectivity index (χ1) is 6.63. The summed E-state index contributed by atoms with van der Waals surface area (Å²) >= 11 is 0. The predicted molar refractivity (Wildman–Crippen MR) is 61.4 cm³/mol. The summed E-state index contributed by atoms with van der Waals surface area (Å²) < 4.78 is 0. The smallest absolute Gasteiger partial charge is 0.0125 e. The number of nitrogens with two attached hydrogens (primary N) is 1. The monoisotopic (exact) mass is 199 g/mol. The van der Waals surface area contributed by atoms with E-state index in [9.17, 15) is 0 Å². The third-order valence-corrected chi connectivity index (χ3v) is 3.12. The molecular formula is C11H25N3. The zero-order valence-corrected chi connectivity index (χ0v) is 9.87. The van der Waals surface area contributed by atoms with Crippen LogP contribution in [0.1, 0.15) is 26.2 Å². The second kappa shape index (κ2) is 5.69. The van der Waals surface area contributed by atoms with Gasteiger partial charge in [0, 0.05) is 12.1 Å². The van der Waals surface area contributed by atoms with Gasteiger partial charge in [-0.05, 0) is 53.0 Å². The molecule has 0 bridgehead atoms. The van der Waals surface area contributed by atoms with Gasteiger partial charge in [-0.15, -0.1) is 0 Å². The zero-order chi connectivity index (χ0) is 10.6. The summed E-state index contributed by atoms with van der Waals surface area (Å²) in [4.78, 5) is 4.83. The van der Waals surface area contributed by atoms with Crippen LogP contribution in [0.25, 0.3) is 0 Å². The summed E-state index contributed by atoms with van der Waals surface area (Å²) in [6.45, 7) is 5.84. The lowest BCUT2D eigenvalue weighted by atomic mass is 9.86. The molecule has 0 amide bonds. The molecule has 1 aliphatic carbocycles. The van der Waals surface area contributed by atoms with Crippen LogP contribution in [-0.2, 0) is 0 Å². The second-order valence-electron chi connectivity index (χ2n) is 4.67. The van der Waals surface area contributed by atoms with Gasteiger partial charge in [-0.3, -0.25) is 0 Å².